The van der Waals surface area contributed by atoms with Gasteiger partial charge in [-0.3, -0.25) is 0 Å². The molecule has 49 heavy (non-hydrogen) atoms. The van der Waals surface area contributed by atoms with E-state index in [1.807, 2.05) is 23.5 Å². The molecule has 10 rings (SSSR count). The molecule has 0 spiro atoms. The molecular weight excluding hydrogens is 615 g/mol. The van der Waals surface area contributed by atoms with Gasteiger partial charge in [0.15, 0.2) is 0 Å². The van der Waals surface area contributed by atoms with Crippen molar-refractivity contribution in [1.82, 2.24) is 0 Å². The molecule has 0 amide bonds. The Hall–Kier alpha value is -6.16. The van der Waals surface area contributed by atoms with E-state index in [2.05, 4.69) is 169 Å². The summed E-state index contributed by atoms with van der Waals surface area (Å²) in [4.78, 5) is 2.36. The zero-order valence-electron chi connectivity index (χ0n) is 26.5. The smallest absolute Gasteiger partial charge is 0.135 e. The minimum absolute atomic E-state index is 0.890. The minimum Gasteiger partial charge on any atom is -0.456 e. The number of nitrogens with zero attached hydrogens (tertiary/aromatic N) is 1. The minimum atomic E-state index is 0.890. The largest absolute Gasteiger partial charge is 0.456 e. The van der Waals surface area contributed by atoms with Crippen molar-refractivity contribution >= 4 is 81.3 Å². The van der Waals surface area contributed by atoms with E-state index in [0.717, 1.165) is 39.0 Å². The first-order chi connectivity index (χ1) is 24.3. The fourth-order valence-corrected chi connectivity index (χ4v) is 8.38. The fraction of sp³-hybridized carbons (Fsp3) is 0. The summed E-state index contributed by atoms with van der Waals surface area (Å²) in [5.74, 6) is 0. The normalized spacial score (nSPS) is 11.7. The van der Waals surface area contributed by atoms with Crippen LogP contribution in [0.4, 0.5) is 17.1 Å². The van der Waals surface area contributed by atoms with Crippen molar-refractivity contribution in [3.63, 3.8) is 0 Å². The Balaban J connectivity index is 1.12. The second-order valence-electron chi connectivity index (χ2n) is 12.5. The van der Waals surface area contributed by atoms with Crippen molar-refractivity contribution in [2.75, 3.05) is 4.90 Å². The van der Waals surface area contributed by atoms with Gasteiger partial charge in [0.1, 0.15) is 11.2 Å². The molecule has 0 N–H and O–H groups in total. The summed E-state index contributed by atoms with van der Waals surface area (Å²) in [7, 11) is 0. The van der Waals surface area contributed by atoms with Gasteiger partial charge in [-0.25, -0.2) is 0 Å². The molecule has 0 saturated heterocycles. The molecular formula is C46H29NOS. The number of anilines is 3. The average Bonchev–Trinajstić information content (AvgIpc) is 3.73. The van der Waals surface area contributed by atoms with E-state index >= 15 is 0 Å². The molecule has 3 heteroatoms. The van der Waals surface area contributed by atoms with Gasteiger partial charge in [0, 0.05) is 48.0 Å². The molecule has 0 aliphatic heterocycles. The Kier molecular flexibility index (Phi) is 6.39. The molecule has 0 bridgehead atoms. The molecule has 2 nitrogen and oxygen atoms in total. The van der Waals surface area contributed by atoms with Gasteiger partial charge >= 0.3 is 0 Å². The third-order valence-corrected chi connectivity index (χ3v) is 10.8. The summed E-state index contributed by atoms with van der Waals surface area (Å²) in [6.07, 6.45) is 0. The molecule has 230 valence electrons. The highest BCUT2D eigenvalue weighted by molar-refractivity contribution is 7.25. The molecule has 0 aliphatic rings. The topological polar surface area (TPSA) is 16.4 Å². The van der Waals surface area contributed by atoms with Crippen molar-refractivity contribution in [1.29, 1.82) is 0 Å². The van der Waals surface area contributed by atoms with Crippen LogP contribution in [0, 0.1) is 0 Å². The van der Waals surface area contributed by atoms with Crippen LogP contribution >= 0.6 is 11.3 Å². The summed E-state index contributed by atoms with van der Waals surface area (Å²) < 4.78 is 8.85. The first-order valence-corrected chi connectivity index (χ1v) is 17.4. The van der Waals surface area contributed by atoms with Gasteiger partial charge in [-0.2, -0.15) is 0 Å². The second kappa shape index (κ2) is 11.2. The van der Waals surface area contributed by atoms with E-state index in [-0.39, 0.29) is 0 Å². The van der Waals surface area contributed by atoms with E-state index in [0.29, 0.717) is 0 Å². The highest BCUT2D eigenvalue weighted by atomic mass is 32.1. The van der Waals surface area contributed by atoms with Gasteiger partial charge < -0.3 is 9.32 Å². The quantitative estimate of drug-likeness (QED) is 0.186. The number of thiophene rings is 1. The Morgan fingerprint density at radius 1 is 0.367 bits per heavy atom. The van der Waals surface area contributed by atoms with E-state index in [1.54, 1.807) is 0 Å². The number of hydrogen-bond acceptors (Lipinski definition) is 3. The van der Waals surface area contributed by atoms with E-state index in [1.165, 1.54) is 53.2 Å². The third kappa shape index (κ3) is 4.70. The maximum atomic E-state index is 6.22. The third-order valence-electron chi connectivity index (χ3n) is 9.66. The average molecular weight is 644 g/mol. The van der Waals surface area contributed by atoms with Crippen molar-refractivity contribution in [3.8, 4) is 22.3 Å². The number of para-hydroxylation sites is 1. The lowest BCUT2D eigenvalue weighted by atomic mass is 9.98. The second-order valence-corrected chi connectivity index (χ2v) is 13.6. The summed E-state index contributed by atoms with van der Waals surface area (Å²) >= 11 is 1.85. The van der Waals surface area contributed by atoms with Crippen molar-refractivity contribution in [3.05, 3.63) is 176 Å². The summed E-state index contributed by atoms with van der Waals surface area (Å²) in [5.41, 5.74) is 9.88. The monoisotopic (exact) mass is 643 g/mol. The van der Waals surface area contributed by atoms with Crippen molar-refractivity contribution in [2.24, 2.45) is 0 Å². The van der Waals surface area contributed by atoms with Gasteiger partial charge in [-0.1, -0.05) is 109 Å². The molecule has 0 saturated carbocycles. The molecule has 0 radical (unpaired) electrons. The van der Waals surface area contributed by atoms with Crippen molar-refractivity contribution < 1.29 is 4.42 Å². The van der Waals surface area contributed by atoms with E-state index in [4.69, 9.17) is 4.42 Å². The van der Waals surface area contributed by atoms with Crippen LogP contribution in [-0.2, 0) is 0 Å². The molecule has 0 atom stereocenters. The Morgan fingerprint density at radius 2 is 1.02 bits per heavy atom. The maximum absolute atomic E-state index is 6.22. The number of benzene rings is 8. The zero-order chi connectivity index (χ0) is 32.3. The van der Waals surface area contributed by atoms with Crippen LogP contribution in [0.3, 0.4) is 0 Å². The Bertz CT molecular complexity index is 2840. The number of fused-ring (bicyclic) bond motifs is 7. The Morgan fingerprint density at radius 3 is 1.94 bits per heavy atom. The predicted octanol–water partition coefficient (Wildman–Crippen LogP) is 13.9. The SMILES string of the molecule is c1cc(-c2ccc3sc4ccccc4c3c2)cc(N(c2ccc(-c3cccc4ccccc34)cc2)c2ccc3oc4ccccc4c3c2)c1. The first kappa shape index (κ1) is 27.9. The molecule has 10 aromatic rings. The van der Waals surface area contributed by atoms with Crippen molar-refractivity contribution in [2.45, 2.75) is 0 Å². The van der Waals surface area contributed by atoms with Crippen LogP contribution in [0.5, 0.6) is 0 Å². The van der Waals surface area contributed by atoms with Crippen LogP contribution in [0.15, 0.2) is 180 Å². The van der Waals surface area contributed by atoms with Crippen LogP contribution in [0.2, 0.25) is 0 Å². The van der Waals surface area contributed by atoms with Gasteiger partial charge in [-0.15, -0.1) is 11.3 Å². The maximum Gasteiger partial charge on any atom is 0.135 e. The van der Waals surface area contributed by atoms with E-state index in [9.17, 15) is 0 Å². The summed E-state index contributed by atoms with van der Waals surface area (Å²) in [6.45, 7) is 0. The van der Waals surface area contributed by atoms with E-state index < -0.39 is 0 Å². The first-order valence-electron chi connectivity index (χ1n) is 16.6. The Labute approximate surface area is 287 Å². The predicted molar refractivity (Wildman–Crippen MR) is 210 cm³/mol. The molecule has 0 fully saturated rings. The molecule has 2 aromatic heterocycles. The molecule has 2 heterocycles. The molecule has 0 unspecified atom stereocenters. The van der Waals surface area contributed by atoms with Gasteiger partial charge in [0.25, 0.3) is 0 Å². The lowest BCUT2D eigenvalue weighted by molar-refractivity contribution is 0.669. The van der Waals surface area contributed by atoms with Crippen LogP contribution < -0.4 is 4.90 Å². The van der Waals surface area contributed by atoms with Crippen LogP contribution in [0.25, 0.3) is 75.1 Å². The van der Waals surface area contributed by atoms with Gasteiger partial charge in [0.05, 0.1) is 0 Å². The molecule has 0 aliphatic carbocycles. The van der Waals surface area contributed by atoms with Gasteiger partial charge in [0.2, 0.25) is 0 Å². The van der Waals surface area contributed by atoms with Crippen LogP contribution in [0.1, 0.15) is 0 Å². The number of furan rings is 1. The number of hydrogen-bond donors (Lipinski definition) is 0. The lowest BCUT2D eigenvalue weighted by Gasteiger charge is -2.26. The fourth-order valence-electron chi connectivity index (χ4n) is 7.30. The lowest BCUT2D eigenvalue weighted by Crippen LogP contribution is -2.10. The summed E-state index contributed by atoms with van der Waals surface area (Å²) in [6, 6.07) is 63.4. The number of rotatable bonds is 5. The van der Waals surface area contributed by atoms with Gasteiger partial charge in [-0.05, 0) is 99.8 Å². The molecule has 8 aromatic carbocycles. The highest BCUT2D eigenvalue weighted by Crippen LogP contribution is 2.42. The van der Waals surface area contributed by atoms with Crippen LogP contribution in [-0.4, -0.2) is 0 Å². The zero-order valence-corrected chi connectivity index (χ0v) is 27.3. The highest BCUT2D eigenvalue weighted by Gasteiger charge is 2.17. The standard InChI is InChI=1S/C46H29NOS/c1-2-13-37-30(9-1)10-8-16-38(37)31-19-22-34(23-20-31)47(36-24-25-44-41(29-36)39-14-3-5-17-43(39)48-44)35-12-7-11-32(27-35)33-21-26-46-42(28-33)40-15-4-6-18-45(40)49-46/h1-29H. The summed E-state index contributed by atoms with van der Waals surface area (Å²) in [5, 5.41) is 7.36.